The standard InChI is InChI=1S/C19H21NO4/c1-14(5-10-19(21)24-4)11-15(2)12-16(3)13-17-6-8-18(9-7-17)20(22)23/h5-13H,1-4H3/b10-5+,14-11-,15-12-,16-13+. The molecule has 5 heteroatoms. The molecule has 0 bridgehead atoms. The van der Waals surface area contributed by atoms with Crippen LogP contribution in [0.4, 0.5) is 5.69 Å². The maximum absolute atomic E-state index is 11.0. The molecule has 1 rings (SSSR count). The molecule has 0 saturated carbocycles. The molecule has 0 atom stereocenters. The van der Waals surface area contributed by atoms with E-state index in [1.807, 2.05) is 39.0 Å². The second-order valence-electron chi connectivity index (χ2n) is 5.37. The first-order chi connectivity index (χ1) is 11.3. The van der Waals surface area contributed by atoms with E-state index in [4.69, 9.17) is 0 Å². The fourth-order valence-electron chi connectivity index (χ4n) is 2.07. The molecule has 0 aliphatic rings. The van der Waals surface area contributed by atoms with E-state index in [9.17, 15) is 14.9 Å². The number of esters is 1. The predicted octanol–water partition coefficient (Wildman–Crippen LogP) is 4.62. The van der Waals surface area contributed by atoms with E-state index in [0.29, 0.717) is 0 Å². The largest absolute Gasteiger partial charge is 0.466 e. The van der Waals surface area contributed by atoms with Gasteiger partial charge in [0.1, 0.15) is 0 Å². The first-order valence-electron chi connectivity index (χ1n) is 7.37. The van der Waals surface area contributed by atoms with Gasteiger partial charge in [0.25, 0.3) is 5.69 Å². The quantitative estimate of drug-likeness (QED) is 0.251. The molecule has 0 aromatic heterocycles. The number of nitrogens with zero attached hydrogens (tertiary/aromatic N) is 1. The third kappa shape index (κ3) is 6.87. The van der Waals surface area contributed by atoms with Gasteiger partial charge < -0.3 is 4.74 Å². The highest BCUT2D eigenvalue weighted by molar-refractivity contribution is 5.82. The third-order valence-electron chi connectivity index (χ3n) is 3.09. The van der Waals surface area contributed by atoms with Crippen LogP contribution < -0.4 is 0 Å². The molecule has 126 valence electrons. The minimum Gasteiger partial charge on any atom is -0.466 e. The minimum absolute atomic E-state index is 0.0764. The highest BCUT2D eigenvalue weighted by atomic mass is 16.6. The smallest absolute Gasteiger partial charge is 0.330 e. The van der Waals surface area contributed by atoms with Crippen molar-refractivity contribution in [2.75, 3.05) is 7.11 Å². The van der Waals surface area contributed by atoms with Crippen molar-refractivity contribution in [1.82, 2.24) is 0 Å². The molecular weight excluding hydrogens is 306 g/mol. The molecule has 0 unspecified atom stereocenters. The van der Waals surface area contributed by atoms with Gasteiger partial charge in [-0.3, -0.25) is 10.1 Å². The van der Waals surface area contributed by atoms with Crippen molar-refractivity contribution >= 4 is 17.7 Å². The molecule has 0 saturated heterocycles. The van der Waals surface area contributed by atoms with E-state index in [-0.39, 0.29) is 5.69 Å². The zero-order valence-corrected chi connectivity index (χ0v) is 14.3. The second-order valence-corrected chi connectivity index (χ2v) is 5.37. The number of benzene rings is 1. The number of hydrogen-bond donors (Lipinski definition) is 0. The number of rotatable bonds is 6. The van der Waals surface area contributed by atoms with Crippen LogP contribution in [0.25, 0.3) is 6.08 Å². The molecule has 0 aliphatic carbocycles. The molecule has 1 aromatic rings. The van der Waals surface area contributed by atoms with Crippen LogP contribution in [0.15, 0.2) is 65.3 Å². The molecule has 5 nitrogen and oxygen atoms in total. The van der Waals surface area contributed by atoms with Crippen LogP contribution in [0.1, 0.15) is 26.3 Å². The van der Waals surface area contributed by atoms with Gasteiger partial charge in [0.2, 0.25) is 0 Å². The summed E-state index contributed by atoms with van der Waals surface area (Å²) in [4.78, 5) is 21.3. The fourth-order valence-corrected chi connectivity index (χ4v) is 2.07. The van der Waals surface area contributed by atoms with Crippen molar-refractivity contribution in [3.63, 3.8) is 0 Å². The average Bonchev–Trinajstić information content (AvgIpc) is 2.52. The van der Waals surface area contributed by atoms with E-state index < -0.39 is 10.9 Å². The normalized spacial score (nSPS) is 13.2. The van der Waals surface area contributed by atoms with Gasteiger partial charge in [-0.25, -0.2) is 4.79 Å². The van der Waals surface area contributed by atoms with E-state index in [2.05, 4.69) is 4.74 Å². The predicted molar refractivity (Wildman–Crippen MR) is 95.4 cm³/mol. The summed E-state index contributed by atoms with van der Waals surface area (Å²) in [5, 5.41) is 10.6. The maximum atomic E-state index is 11.0. The molecule has 0 radical (unpaired) electrons. The first kappa shape index (κ1) is 19.1. The summed E-state index contributed by atoms with van der Waals surface area (Å²) in [6.45, 7) is 5.81. The highest BCUT2D eigenvalue weighted by Crippen LogP contribution is 2.15. The zero-order chi connectivity index (χ0) is 18.1. The van der Waals surface area contributed by atoms with Crippen molar-refractivity contribution in [1.29, 1.82) is 0 Å². The molecule has 0 spiro atoms. The van der Waals surface area contributed by atoms with Crippen molar-refractivity contribution in [3.05, 3.63) is 81.0 Å². The summed E-state index contributed by atoms with van der Waals surface area (Å²) in [6, 6.07) is 6.39. The van der Waals surface area contributed by atoms with Crippen LogP contribution in [-0.4, -0.2) is 18.0 Å². The minimum atomic E-state index is -0.417. The third-order valence-corrected chi connectivity index (χ3v) is 3.09. The van der Waals surface area contributed by atoms with Crippen molar-refractivity contribution in [2.45, 2.75) is 20.8 Å². The van der Waals surface area contributed by atoms with Crippen LogP contribution in [0, 0.1) is 10.1 Å². The molecule has 0 N–H and O–H groups in total. The Hall–Kier alpha value is -2.95. The van der Waals surface area contributed by atoms with E-state index in [1.165, 1.54) is 25.3 Å². The number of ether oxygens (including phenoxy) is 1. The number of carbonyl (C=O) groups excluding carboxylic acids is 1. The van der Waals surface area contributed by atoms with Crippen LogP contribution >= 0.6 is 0 Å². The van der Waals surface area contributed by atoms with Gasteiger partial charge >= 0.3 is 5.97 Å². The number of methoxy groups -OCH3 is 1. The van der Waals surface area contributed by atoms with Crippen molar-refractivity contribution in [2.24, 2.45) is 0 Å². The molecule has 0 heterocycles. The fraction of sp³-hybridized carbons (Fsp3) is 0.211. The number of nitro groups is 1. The summed E-state index contributed by atoms with van der Waals surface area (Å²) in [6.07, 6.45) is 8.96. The van der Waals surface area contributed by atoms with Gasteiger partial charge in [-0.15, -0.1) is 0 Å². The van der Waals surface area contributed by atoms with Crippen LogP contribution in [0.3, 0.4) is 0 Å². The van der Waals surface area contributed by atoms with E-state index >= 15 is 0 Å². The molecule has 24 heavy (non-hydrogen) atoms. The molecule has 1 aromatic carbocycles. The van der Waals surface area contributed by atoms with Gasteiger partial charge in [-0.2, -0.15) is 0 Å². The Balaban J connectivity index is 2.84. The van der Waals surface area contributed by atoms with Crippen LogP contribution in [0.5, 0.6) is 0 Å². The van der Waals surface area contributed by atoms with E-state index in [0.717, 1.165) is 22.3 Å². The second kappa shape index (κ2) is 9.25. The topological polar surface area (TPSA) is 69.4 Å². The SMILES string of the molecule is COC(=O)/C=C/C(C)=C\C(C)=C/C(C)=C/c1ccc([N+](=O)[O-])cc1. The number of allylic oxidation sites excluding steroid dienone is 6. The van der Waals surface area contributed by atoms with Crippen LogP contribution in [0.2, 0.25) is 0 Å². The summed E-state index contributed by atoms with van der Waals surface area (Å²) in [7, 11) is 1.34. The number of non-ortho nitro benzene ring substituents is 1. The number of carbonyl (C=O) groups is 1. The van der Waals surface area contributed by atoms with Crippen molar-refractivity contribution < 1.29 is 14.5 Å². The zero-order valence-electron chi connectivity index (χ0n) is 14.3. The lowest BCUT2D eigenvalue weighted by molar-refractivity contribution is -0.384. The van der Waals surface area contributed by atoms with Crippen molar-refractivity contribution in [3.8, 4) is 0 Å². The lowest BCUT2D eigenvalue weighted by Crippen LogP contribution is -1.93. The number of nitro benzene ring substituents is 1. The lowest BCUT2D eigenvalue weighted by atomic mass is 10.1. The summed E-state index contributed by atoms with van der Waals surface area (Å²) in [5.41, 5.74) is 3.94. The molecule has 0 amide bonds. The summed E-state index contributed by atoms with van der Waals surface area (Å²) in [5.74, 6) is -0.390. The Morgan fingerprint density at radius 1 is 1.00 bits per heavy atom. The Morgan fingerprint density at radius 2 is 1.58 bits per heavy atom. The monoisotopic (exact) mass is 327 g/mol. The van der Waals surface area contributed by atoms with Gasteiger partial charge in [0.15, 0.2) is 0 Å². The average molecular weight is 327 g/mol. The van der Waals surface area contributed by atoms with Gasteiger partial charge in [0.05, 0.1) is 12.0 Å². The maximum Gasteiger partial charge on any atom is 0.330 e. The highest BCUT2D eigenvalue weighted by Gasteiger charge is 2.02. The van der Waals surface area contributed by atoms with Gasteiger partial charge in [-0.05, 0) is 38.5 Å². The molecule has 0 aliphatic heterocycles. The lowest BCUT2D eigenvalue weighted by Gasteiger charge is -1.99. The van der Waals surface area contributed by atoms with E-state index in [1.54, 1.807) is 18.2 Å². The van der Waals surface area contributed by atoms with Gasteiger partial charge in [0, 0.05) is 18.2 Å². The van der Waals surface area contributed by atoms with Gasteiger partial charge in [-0.1, -0.05) is 41.0 Å². The Bertz CT molecular complexity index is 722. The number of hydrogen-bond acceptors (Lipinski definition) is 4. The Morgan fingerprint density at radius 3 is 2.12 bits per heavy atom. The Labute approximate surface area is 141 Å². The summed E-state index contributed by atoms with van der Waals surface area (Å²) >= 11 is 0. The first-order valence-corrected chi connectivity index (χ1v) is 7.37. The Kier molecular flexibility index (Phi) is 7.36. The molecule has 0 fully saturated rings. The summed E-state index contributed by atoms with van der Waals surface area (Å²) < 4.78 is 4.54. The molecular formula is C19H21NO4. The van der Waals surface area contributed by atoms with Crippen LogP contribution in [-0.2, 0) is 9.53 Å².